The van der Waals surface area contributed by atoms with Crippen molar-refractivity contribution in [3.05, 3.63) is 36.5 Å². The molecule has 1 saturated carbocycles. The average Bonchev–Trinajstić information content (AvgIpc) is 3.38. The maximum absolute atomic E-state index is 13.0. The number of carbonyl (C=O) groups excluding carboxylic acids is 2. The van der Waals surface area contributed by atoms with E-state index >= 15 is 0 Å². The smallest absolute Gasteiger partial charge is 0.381 e. The van der Waals surface area contributed by atoms with Crippen LogP contribution in [0.2, 0.25) is 0 Å². The molecule has 2 aromatic heterocycles. The topological polar surface area (TPSA) is 109 Å². The van der Waals surface area contributed by atoms with E-state index in [2.05, 4.69) is 20.6 Å². The third kappa shape index (κ3) is 6.06. The van der Waals surface area contributed by atoms with Crippen molar-refractivity contribution in [3.8, 4) is 0 Å². The molecular weight excluding hydrogens is 427 g/mol. The van der Waals surface area contributed by atoms with Crippen molar-refractivity contribution in [2.75, 3.05) is 10.6 Å². The van der Waals surface area contributed by atoms with Gasteiger partial charge in [-0.3, -0.25) is 9.59 Å². The van der Waals surface area contributed by atoms with Gasteiger partial charge in [-0.25, -0.2) is 9.97 Å². The first-order valence-electron chi connectivity index (χ1n) is 10.3. The molecule has 8 nitrogen and oxygen atoms in total. The third-order valence-corrected chi connectivity index (χ3v) is 5.41. The Balaban J connectivity index is 1.73. The lowest BCUT2D eigenvalue weighted by Crippen LogP contribution is -2.36. The summed E-state index contributed by atoms with van der Waals surface area (Å²) in [6, 6.07) is 2.09. The number of imidazole rings is 1. The van der Waals surface area contributed by atoms with E-state index in [1.54, 1.807) is 0 Å². The highest BCUT2D eigenvalue weighted by atomic mass is 19.4. The fourth-order valence-corrected chi connectivity index (χ4v) is 3.61. The largest absolute Gasteiger partial charge is 0.434 e. The molecule has 0 bridgehead atoms. The van der Waals surface area contributed by atoms with Gasteiger partial charge < -0.3 is 20.3 Å². The van der Waals surface area contributed by atoms with Crippen LogP contribution in [0.5, 0.6) is 0 Å². The van der Waals surface area contributed by atoms with Crippen molar-refractivity contribution in [2.45, 2.75) is 63.8 Å². The van der Waals surface area contributed by atoms with Gasteiger partial charge in [-0.15, -0.1) is 0 Å². The quantitative estimate of drug-likeness (QED) is 0.591. The summed E-state index contributed by atoms with van der Waals surface area (Å²) in [6.45, 7) is 2.68. The predicted molar refractivity (Wildman–Crippen MR) is 111 cm³/mol. The van der Waals surface area contributed by atoms with Crippen LogP contribution in [0.3, 0.4) is 0 Å². The number of halogens is 3. The Labute approximate surface area is 183 Å². The van der Waals surface area contributed by atoms with Crippen LogP contribution >= 0.6 is 0 Å². The molecule has 1 aliphatic carbocycles. The van der Waals surface area contributed by atoms with Gasteiger partial charge in [-0.1, -0.05) is 25.7 Å². The number of carbonyl (C=O) groups is 2. The van der Waals surface area contributed by atoms with E-state index in [-0.39, 0.29) is 11.7 Å². The van der Waals surface area contributed by atoms with Crippen molar-refractivity contribution in [1.82, 2.24) is 14.5 Å². The monoisotopic (exact) mass is 453 g/mol. The van der Waals surface area contributed by atoms with E-state index in [0.29, 0.717) is 12.1 Å². The van der Waals surface area contributed by atoms with Crippen LogP contribution < -0.4 is 10.6 Å². The zero-order chi connectivity index (χ0) is 23.5. The number of aromatic nitrogens is 3. The summed E-state index contributed by atoms with van der Waals surface area (Å²) in [5.41, 5.74) is -2.30. The lowest BCUT2D eigenvalue weighted by atomic mass is 9.97. The Morgan fingerprint density at radius 1 is 1.19 bits per heavy atom. The Kier molecular flexibility index (Phi) is 6.87. The molecular formula is C21H26F3N5O3. The molecule has 1 fully saturated rings. The van der Waals surface area contributed by atoms with E-state index in [0.717, 1.165) is 38.2 Å². The third-order valence-electron chi connectivity index (χ3n) is 5.41. The molecule has 0 aliphatic heterocycles. The zero-order valence-electron chi connectivity index (χ0n) is 17.8. The van der Waals surface area contributed by atoms with Gasteiger partial charge in [0.1, 0.15) is 17.5 Å². The van der Waals surface area contributed by atoms with Crippen molar-refractivity contribution in [1.29, 1.82) is 0 Å². The highest BCUT2D eigenvalue weighted by molar-refractivity contribution is 5.96. The van der Waals surface area contributed by atoms with Gasteiger partial charge in [0.05, 0.1) is 18.2 Å². The van der Waals surface area contributed by atoms with E-state index in [1.807, 2.05) is 0 Å². The lowest BCUT2D eigenvalue weighted by Gasteiger charge is -2.21. The molecule has 1 aliphatic rings. The molecule has 2 heterocycles. The standard InChI is InChI=1S/C21H26F3N5O3/c1-20(2,32)19(31)27-14-7-8-17(25-10-14)28-18(30)15(9-13-5-3-4-6-13)29-11-16(26-12-29)21(22,23)24/h7-8,10-13,15,32H,3-6,9H2,1-2H3,(H,27,31)(H,25,28,30). The molecule has 1 atom stereocenters. The fraction of sp³-hybridized carbons (Fsp3) is 0.524. The van der Waals surface area contributed by atoms with Crippen LogP contribution in [0.25, 0.3) is 0 Å². The Morgan fingerprint density at radius 3 is 2.41 bits per heavy atom. The number of anilines is 2. The number of nitrogens with zero attached hydrogens (tertiary/aromatic N) is 3. The first kappa shape index (κ1) is 23.7. The summed E-state index contributed by atoms with van der Waals surface area (Å²) < 4.78 is 40.2. The van der Waals surface area contributed by atoms with E-state index in [4.69, 9.17) is 0 Å². The molecule has 2 aromatic rings. The van der Waals surface area contributed by atoms with Gasteiger partial charge in [-0.05, 0) is 38.3 Å². The molecule has 174 valence electrons. The SMILES string of the molecule is CC(C)(O)C(=O)Nc1ccc(NC(=O)C(CC2CCCC2)n2cnc(C(F)(F)F)c2)nc1. The number of aliphatic hydroxyl groups is 1. The molecule has 0 saturated heterocycles. The van der Waals surface area contributed by atoms with Gasteiger partial charge in [0.2, 0.25) is 5.91 Å². The molecule has 1 unspecified atom stereocenters. The van der Waals surface area contributed by atoms with Crippen LogP contribution in [0.15, 0.2) is 30.9 Å². The molecule has 0 aromatic carbocycles. The van der Waals surface area contributed by atoms with Gasteiger partial charge in [0, 0.05) is 6.20 Å². The van der Waals surface area contributed by atoms with Crippen molar-refractivity contribution < 1.29 is 27.9 Å². The first-order valence-corrected chi connectivity index (χ1v) is 10.3. The number of nitrogens with one attached hydrogen (secondary N) is 2. The number of rotatable bonds is 7. The summed E-state index contributed by atoms with van der Waals surface area (Å²) in [5, 5.41) is 14.8. The van der Waals surface area contributed by atoms with Gasteiger partial charge >= 0.3 is 6.18 Å². The normalized spacial score (nSPS) is 16.1. The molecule has 2 amide bonds. The molecule has 32 heavy (non-hydrogen) atoms. The minimum absolute atomic E-state index is 0.184. The summed E-state index contributed by atoms with van der Waals surface area (Å²) in [7, 11) is 0. The molecule has 3 rings (SSSR count). The average molecular weight is 453 g/mol. The van der Waals surface area contributed by atoms with E-state index in [9.17, 15) is 27.9 Å². The highest BCUT2D eigenvalue weighted by Crippen LogP contribution is 2.34. The second-order valence-electron chi connectivity index (χ2n) is 8.54. The number of hydrogen-bond donors (Lipinski definition) is 3. The van der Waals surface area contributed by atoms with Crippen molar-refractivity contribution in [2.24, 2.45) is 5.92 Å². The number of pyridine rings is 1. The van der Waals surface area contributed by atoms with Crippen LogP contribution in [-0.2, 0) is 15.8 Å². The van der Waals surface area contributed by atoms with Gasteiger partial charge in [0.25, 0.3) is 5.91 Å². The van der Waals surface area contributed by atoms with E-state index < -0.39 is 35.3 Å². The van der Waals surface area contributed by atoms with Crippen LogP contribution in [0, 0.1) is 5.92 Å². The van der Waals surface area contributed by atoms with Crippen LogP contribution in [0.4, 0.5) is 24.7 Å². The minimum Gasteiger partial charge on any atom is -0.381 e. The fourth-order valence-electron chi connectivity index (χ4n) is 3.61. The maximum atomic E-state index is 13.0. The highest BCUT2D eigenvalue weighted by Gasteiger charge is 2.35. The number of hydrogen-bond acceptors (Lipinski definition) is 5. The van der Waals surface area contributed by atoms with Gasteiger partial charge in [-0.2, -0.15) is 13.2 Å². The minimum atomic E-state index is -4.59. The second kappa shape index (κ2) is 9.27. The summed E-state index contributed by atoms with van der Waals surface area (Å²) in [4.78, 5) is 32.3. The second-order valence-corrected chi connectivity index (χ2v) is 8.54. The summed E-state index contributed by atoms with van der Waals surface area (Å²) >= 11 is 0. The van der Waals surface area contributed by atoms with Crippen molar-refractivity contribution >= 4 is 23.3 Å². The maximum Gasteiger partial charge on any atom is 0.434 e. The summed E-state index contributed by atoms with van der Waals surface area (Å²) in [5.74, 6) is -0.684. The van der Waals surface area contributed by atoms with Crippen LogP contribution in [-0.4, -0.2) is 37.1 Å². The Hall–Kier alpha value is -2.95. The first-order chi connectivity index (χ1) is 14.9. The van der Waals surface area contributed by atoms with Crippen molar-refractivity contribution in [3.63, 3.8) is 0 Å². The molecule has 11 heteroatoms. The molecule has 0 radical (unpaired) electrons. The molecule has 0 spiro atoms. The lowest BCUT2D eigenvalue weighted by molar-refractivity contribution is -0.141. The van der Waals surface area contributed by atoms with Gasteiger partial charge in [0.15, 0.2) is 5.69 Å². The molecule has 3 N–H and O–H groups in total. The number of amides is 2. The van der Waals surface area contributed by atoms with Crippen LogP contribution in [0.1, 0.15) is 57.7 Å². The predicted octanol–water partition coefficient (Wildman–Crippen LogP) is 3.77. The Morgan fingerprint density at radius 2 is 1.88 bits per heavy atom. The van der Waals surface area contributed by atoms with E-state index in [1.165, 1.54) is 36.7 Å². The zero-order valence-corrected chi connectivity index (χ0v) is 17.8. The summed E-state index contributed by atoms with van der Waals surface area (Å²) in [6.07, 6.45) is 2.93. The number of alkyl halides is 3. The Bertz CT molecular complexity index is 945.